The van der Waals surface area contributed by atoms with Gasteiger partial charge in [-0.05, 0) is 25.3 Å². The van der Waals surface area contributed by atoms with Crippen molar-refractivity contribution in [3.8, 4) is 5.75 Å². The molecule has 0 aliphatic heterocycles. The highest BCUT2D eigenvalue weighted by atomic mass is 16.5. The minimum Gasteiger partial charge on any atom is -0.496 e. The summed E-state index contributed by atoms with van der Waals surface area (Å²) in [7, 11) is 5.30. The number of methoxy groups -OCH3 is 2. The van der Waals surface area contributed by atoms with Gasteiger partial charge in [-0.2, -0.15) is 0 Å². The van der Waals surface area contributed by atoms with E-state index < -0.39 is 0 Å². The molecule has 1 aliphatic rings. The van der Waals surface area contributed by atoms with Crippen molar-refractivity contribution in [2.45, 2.75) is 37.5 Å². The average molecular weight is 333 g/mol. The molecule has 0 spiro atoms. The van der Waals surface area contributed by atoms with Crippen molar-refractivity contribution in [2.24, 2.45) is 4.99 Å². The van der Waals surface area contributed by atoms with Crippen LogP contribution >= 0.6 is 0 Å². The van der Waals surface area contributed by atoms with Crippen molar-refractivity contribution in [2.75, 3.05) is 41.0 Å². The summed E-state index contributed by atoms with van der Waals surface area (Å²) < 4.78 is 10.7. The molecule has 0 unspecified atom stereocenters. The van der Waals surface area contributed by atoms with Crippen LogP contribution in [0.15, 0.2) is 29.3 Å². The van der Waals surface area contributed by atoms with E-state index in [0.717, 1.165) is 37.8 Å². The number of aliphatic imine (C=N–C) groups is 1. The van der Waals surface area contributed by atoms with Gasteiger partial charge < -0.3 is 20.1 Å². The molecular weight excluding hydrogens is 302 g/mol. The van der Waals surface area contributed by atoms with Crippen molar-refractivity contribution >= 4 is 5.96 Å². The molecule has 0 atom stereocenters. The van der Waals surface area contributed by atoms with Crippen molar-refractivity contribution in [1.29, 1.82) is 0 Å². The van der Waals surface area contributed by atoms with Gasteiger partial charge in [-0.1, -0.05) is 31.0 Å². The maximum Gasteiger partial charge on any atom is 0.191 e. The van der Waals surface area contributed by atoms with Crippen molar-refractivity contribution in [1.82, 2.24) is 10.6 Å². The van der Waals surface area contributed by atoms with Crippen LogP contribution in [0, 0.1) is 0 Å². The molecule has 1 aromatic rings. The smallest absolute Gasteiger partial charge is 0.191 e. The van der Waals surface area contributed by atoms with Crippen LogP contribution in [0.4, 0.5) is 0 Å². The lowest BCUT2D eigenvalue weighted by Crippen LogP contribution is -2.45. The molecule has 2 rings (SSSR count). The van der Waals surface area contributed by atoms with Gasteiger partial charge in [0.2, 0.25) is 0 Å². The van der Waals surface area contributed by atoms with Gasteiger partial charge in [-0.25, -0.2) is 0 Å². The quantitative estimate of drug-likeness (QED) is 0.436. The normalized spacial score (nSPS) is 16.9. The zero-order valence-electron chi connectivity index (χ0n) is 15.2. The van der Waals surface area contributed by atoms with Crippen LogP contribution in [-0.4, -0.2) is 46.9 Å². The molecule has 1 aromatic carbocycles. The fraction of sp³-hybridized carbons (Fsp3) is 0.632. The molecule has 0 aromatic heterocycles. The minimum absolute atomic E-state index is 0.122. The molecule has 134 valence electrons. The molecular formula is C19H31N3O2. The standard InChI is InChI=1S/C19H31N3O2/c1-20-18(21-13-8-14-23-2)22-15-19(11-6-7-12-19)16-9-4-5-10-17(16)24-3/h4-5,9-10H,6-8,11-15H2,1-3H3,(H2,20,21,22). The minimum atomic E-state index is 0.122. The second-order valence-corrected chi connectivity index (χ2v) is 6.39. The molecule has 1 aliphatic carbocycles. The zero-order chi connectivity index (χ0) is 17.3. The Kier molecular flexibility index (Phi) is 7.37. The van der Waals surface area contributed by atoms with Gasteiger partial charge in [-0.3, -0.25) is 4.99 Å². The molecule has 0 saturated heterocycles. The van der Waals surface area contributed by atoms with Crippen LogP contribution in [0.1, 0.15) is 37.7 Å². The maximum atomic E-state index is 5.62. The van der Waals surface area contributed by atoms with Gasteiger partial charge in [0.1, 0.15) is 5.75 Å². The lowest BCUT2D eigenvalue weighted by Gasteiger charge is -2.32. The summed E-state index contributed by atoms with van der Waals surface area (Å²) >= 11 is 0. The molecule has 0 amide bonds. The average Bonchev–Trinajstić information content (AvgIpc) is 3.11. The van der Waals surface area contributed by atoms with Crippen molar-refractivity contribution < 1.29 is 9.47 Å². The number of nitrogens with zero attached hydrogens (tertiary/aromatic N) is 1. The number of nitrogens with one attached hydrogen (secondary N) is 2. The zero-order valence-corrected chi connectivity index (χ0v) is 15.2. The first kappa shape index (κ1) is 18.6. The number of hydrogen-bond donors (Lipinski definition) is 2. The summed E-state index contributed by atoms with van der Waals surface area (Å²) in [6.07, 6.45) is 5.86. The Morgan fingerprint density at radius 1 is 1.17 bits per heavy atom. The van der Waals surface area contributed by atoms with Crippen LogP contribution in [0.2, 0.25) is 0 Å². The van der Waals surface area contributed by atoms with Crippen LogP contribution in [0.25, 0.3) is 0 Å². The number of rotatable bonds is 8. The molecule has 1 saturated carbocycles. The Balaban J connectivity index is 2.03. The van der Waals surface area contributed by atoms with Gasteiger partial charge in [0.05, 0.1) is 7.11 Å². The molecule has 0 bridgehead atoms. The monoisotopic (exact) mass is 333 g/mol. The van der Waals surface area contributed by atoms with E-state index in [1.54, 1.807) is 14.2 Å². The molecule has 24 heavy (non-hydrogen) atoms. The van der Waals surface area contributed by atoms with Crippen molar-refractivity contribution in [3.05, 3.63) is 29.8 Å². The van der Waals surface area contributed by atoms with Crippen molar-refractivity contribution in [3.63, 3.8) is 0 Å². The summed E-state index contributed by atoms with van der Waals surface area (Å²) in [6, 6.07) is 8.41. The Hall–Kier alpha value is -1.75. The molecule has 2 N–H and O–H groups in total. The highest BCUT2D eigenvalue weighted by molar-refractivity contribution is 5.79. The molecule has 5 heteroatoms. The van der Waals surface area contributed by atoms with E-state index >= 15 is 0 Å². The first-order valence-corrected chi connectivity index (χ1v) is 8.83. The summed E-state index contributed by atoms with van der Waals surface area (Å²) in [5.74, 6) is 1.84. The second-order valence-electron chi connectivity index (χ2n) is 6.39. The van der Waals surface area contributed by atoms with Gasteiger partial charge in [0.25, 0.3) is 0 Å². The van der Waals surface area contributed by atoms with E-state index in [0.29, 0.717) is 0 Å². The van der Waals surface area contributed by atoms with Crippen LogP contribution in [0.5, 0.6) is 5.75 Å². The van der Waals surface area contributed by atoms with E-state index in [1.807, 2.05) is 13.1 Å². The second kappa shape index (κ2) is 9.52. The Bertz CT molecular complexity index is 525. The van der Waals surface area contributed by atoms with Gasteiger partial charge in [0.15, 0.2) is 5.96 Å². The van der Waals surface area contributed by atoms with E-state index in [9.17, 15) is 0 Å². The predicted molar refractivity (Wildman–Crippen MR) is 99.0 cm³/mol. The summed E-state index contributed by atoms with van der Waals surface area (Å²) in [4.78, 5) is 4.34. The fourth-order valence-corrected chi connectivity index (χ4v) is 3.57. The van der Waals surface area contributed by atoms with E-state index in [4.69, 9.17) is 9.47 Å². The van der Waals surface area contributed by atoms with E-state index in [2.05, 4.69) is 33.8 Å². The number of benzene rings is 1. The Labute approximate surface area is 145 Å². The third kappa shape index (κ3) is 4.63. The highest BCUT2D eigenvalue weighted by Gasteiger charge is 2.37. The van der Waals surface area contributed by atoms with Gasteiger partial charge in [0, 0.05) is 44.8 Å². The first-order chi connectivity index (χ1) is 11.8. The molecule has 0 radical (unpaired) electrons. The summed E-state index contributed by atoms with van der Waals surface area (Å²) in [5, 5.41) is 6.87. The summed E-state index contributed by atoms with van der Waals surface area (Å²) in [5.41, 5.74) is 1.43. The molecule has 1 fully saturated rings. The SMILES string of the molecule is CN=C(NCCCOC)NCC1(c2ccccc2OC)CCCC1. The number of ether oxygens (including phenoxy) is 2. The van der Waals surface area contributed by atoms with Crippen LogP contribution in [-0.2, 0) is 10.2 Å². The van der Waals surface area contributed by atoms with Gasteiger partial charge >= 0.3 is 0 Å². The van der Waals surface area contributed by atoms with E-state index in [1.165, 1.54) is 31.2 Å². The highest BCUT2D eigenvalue weighted by Crippen LogP contribution is 2.44. The predicted octanol–water partition coefficient (Wildman–Crippen LogP) is 2.71. The fourth-order valence-electron chi connectivity index (χ4n) is 3.57. The number of guanidine groups is 1. The maximum absolute atomic E-state index is 5.62. The van der Waals surface area contributed by atoms with Crippen LogP contribution in [0.3, 0.4) is 0 Å². The van der Waals surface area contributed by atoms with Crippen LogP contribution < -0.4 is 15.4 Å². The third-order valence-electron chi connectivity index (χ3n) is 4.87. The first-order valence-electron chi connectivity index (χ1n) is 8.83. The molecule has 5 nitrogen and oxygen atoms in total. The number of para-hydroxylation sites is 1. The van der Waals surface area contributed by atoms with Gasteiger partial charge in [-0.15, -0.1) is 0 Å². The third-order valence-corrected chi connectivity index (χ3v) is 4.87. The molecule has 0 heterocycles. The van der Waals surface area contributed by atoms with E-state index in [-0.39, 0.29) is 5.41 Å². The Morgan fingerprint density at radius 3 is 2.58 bits per heavy atom. The lowest BCUT2D eigenvalue weighted by molar-refractivity contribution is 0.195. The number of hydrogen-bond acceptors (Lipinski definition) is 3. The Morgan fingerprint density at radius 2 is 1.92 bits per heavy atom. The topological polar surface area (TPSA) is 54.9 Å². The largest absolute Gasteiger partial charge is 0.496 e. The summed E-state index contributed by atoms with van der Waals surface area (Å²) in [6.45, 7) is 2.49. The lowest BCUT2D eigenvalue weighted by atomic mass is 9.78.